The van der Waals surface area contributed by atoms with E-state index in [0.29, 0.717) is 23.5 Å². The molecular formula is C29H40F2. The van der Waals surface area contributed by atoms with Gasteiger partial charge in [0.15, 0.2) is 11.6 Å². The zero-order valence-corrected chi connectivity index (χ0v) is 19.6. The summed E-state index contributed by atoms with van der Waals surface area (Å²) in [5.74, 6) is 0.205. The Labute approximate surface area is 188 Å². The van der Waals surface area contributed by atoms with Crippen LogP contribution in [0, 0.1) is 23.5 Å². The van der Waals surface area contributed by atoms with E-state index in [1.165, 1.54) is 69.8 Å². The Hall–Kier alpha value is -1.70. The molecule has 1 saturated carbocycles. The summed E-state index contributed by atoms with van der Waals surface area (Å²) in [5, 5.41) is 0. The Bertz CT molecular complexity index is 785. The molecule has 0 aliphatic heterocycles. The van der Waals surface area contributed by atoms with Crippen molar-refractivity contribution in [2.45, 2.75) is 97.3 Å². The number of benzene rings is 2. The largest absolute Gasteiger partial charge is 0.203 e. The van der Waals surface area contributed by atoms with E-state index in [4.69, 9.17) is 0 Å². The Kier molecular flexibility index (Phi) is 9.55. The van der Waals surface area contributed by atoms with Crippen molar-refractivity contribution < 1.29 is 8.78 Å². The predicted molar refractivity (Wildman–Crippen MR) is 128 cm³/mol. The molecule has 1 aliphatic carbocycles. The molecule has 0 aromatic heterocycles. The van der Waals surface area contributed by atoms with Crippen LogP contribution in [0.15, 0.2) is 36.4 Å². The minimum Gasteiger partial charge on any atom is -0.203 e. The summed E-state index contributed by atoms with van der Waals surface area (Å²) >= 11 is 0. The van der Waals surface area contributed by atoms with Crippen molar-refractivity contribution in [3.8, 4) is 11.1 Å². The first-order chi connectivity index (χ1) is 15.1. The molecule has 0 atom stereocenters. The van der Waals surface area contributed by atoms with Gasteiger partial charge in [-0.05, 0) is 47.8 Å². The fourth-order valence-electron chi connectivity index (χ4n) is 5.13. The third-order valence-electron chi connectivity index (χ3n) is 7.34. The molecular weight excluding hydrogens is 386 g/mol. The van der Waals surface area contributed by atoms with Gasteiger partial charge in [-0.1, -0.05) is 114 Å². The molecule has 0 heterocycles. The van der Waals surface area contributed by atoms with Crippen LogP contribution in [0.3, 0.4) is 0 Å². The molecule has 0 unspecified atom stereocenters. The van der Waals surface area contributed by atoms with E-state index in [9.17, 15) is 8.78 Å². The van der Waals surface area contributed by atoms with Crippen LogP contribution in [0.4, 0.5) is 8.78 Å². The van der Waals surface area contributed by atoms with Crippen molar-refractivity contribution in [1.29, 1.82) is 0 Å². The molecule has 0 spiro atoms. The third kappa shape index (κ3) is 6.89. The summed E-state index contributed by atoms with van der Waals surface area (Å²) in [7, 11) is 0. The van der Waals surface area contributed by atoms with Gasteiger partial charge in [0, 0.05) is 5.56 Å². The maximum atomic E-state index is 14.8. The summed E-state index contributed by atoms with van der Waals surface area (Å²) < 4.78 is 29.5. The second-order valence-corrected chi connectivity index (χ2v) is 9.58. The van der Waals surface area contributed by atoms with E-state index in [1.54, 1.807) is 12.1 Å². The van der Waals surface area contributed by atoms with E-state index in [0.717, 1.165) is 24.3 Å². The number of hydrogen-bond acceptors (Lipinski definition) is 0. The van der Waals surface area contributed by atoms with Crippen LogP contribution in [0.2, 0.25) is 0 Å². The van der Waals surface area contributed by atoms with E-state index in [-0.39, 0.29) is 0 Å². The van der Waals surface area contributed by atoms with Gasteiger partial charge in [-0.25, -0.2) is 8.78 Å². The first-order valence-electron chi connectivity index (χ1n) is 12.7. The Balaban J connectivity index is 1.47. The average molecular weight is 427 g/mol. The Morgan fingerprint density at radius 3 is 2.00 bits per heavy atom. The fourth-order valence-corrected chi connectivity index (χ4v) is 5.13. The first-order valence-corrected chi connectivity index (χ1v) is 12.7. The maximum absolute atomic E-state index is 14.8. The number of hydrogen-bond donors (Lipinski definition) is 0. The highest BCUT2D eigenvalue weighted by atomic mass is 19.2. The smallest absolute Gasteiger partial charge is 0.166 e. The van der Waals surface area contributed by atoms with Crippen LogP contribution >= 0.6 is 0 Å². The second kappa shape index (κ2) is 12.4. The molecule has 1 aliphatic rings. The van der Waals surface area contributed by atoms with Crippen molar-refractivity contribution in [3.05, 3.63) is 59.2 Å². The monoisotopic (exact) mass is 426 g/mol. The summed E-state index contributed by atoms with van der Waals surface area (Å²) in [6.07, 6.45) is 15.9. The standard InChI is InChI=1S/C29H40F2/c1-3-5-6-7-8-9-23-10-12-24(13-11-23)16-19-26-20-21-27(29(31)28(26)30)25-17-14-22(4-2)15-18-25/h14-15,17-18,20-21,23-24H,3-13,16,19H2,1-2H3/t23-,24-. The molecule has 1 fully saturated rings. The molecule has 170 valence electrons. The highest BCUT2D eigenvalue weighted by molar-refractivity contribution is 5.65. The molecule has 0 nitrogen and oxygen atoms in total. The third-order valence-corrected chi connectivity index (χ3v) is 7.34. The van der Waals surface area contributed by atoms with Gasteiger partial charge in [0.25, 0.3) is 0 Å². The quantitative estimate of drug-likeness (QED) is 0.314. The van der Waals surface area contributed by atoms with Crippen molar-refractivity contribution in [2.24, 2.45) is 11.8 Å². The SMILES string of the molecule is CCCCCCC[C@H]1CC[C@H](CCc2ccc(-c3ccc(CC)cc3)c(F)c2F)CC1. The van der Waals surface area contributed by atoms with Gasteiger partial charge in [0.2, 0.25) is 0 Å². The molecule has 31 heavy (non-hydrogen) atoms. The lowest BCUT2D eigenvalue weighted by atomic mass is 9.77. The molecule has 2 heteroatoms. The van der Waals surface area contributed by atoms with Gasteiger partial charge in [0.1, 0.15) is 0 Å². The predicted octanol–water partition coefficient (Wildman–Crippen LogP) is 9.29. The highest BCUT2D eigenvalue weighted by Crippen LogP contribution is 2.35. The minimum absolute atomic E-state index is 0.364. The zero-order valence-electron chi connectivity index (χ0n) is 19.6. The topological polar surface area (TPSA) is 0 Å². The normalized spacial score (nSPS) is 19.0. The van der Waals surface area contributed by atoms with Crippen molar-refractivity contribution >= 4 is 0 Å². The van der Waals surface area contributed by atoms with E-state index < -0.39 is 11.6 Å². The minimum atomic E-state index is -0.700. The van der Waals surface area contributed by atoms with Gasteiger partial charge in [0.05, 0.1) is 0 Å². The zero-order chi connectivity index (χ0) is 22.1. The maximum Gasteiger partial charge on any atom is 0.166 e. The average Bonchev–Trinajstić information content (AvgIpc) is 2.81. The molecule has 0 N–H and O–H groups in total. The van der Waals surface area contributed by atoms with E-state index in [1.807, 2.05) is 24.3 Å². The molecule has 0 amide bonds. The van der Waals surface area contributed by atoms with Crippen LogP contribution < -0.4 is 0 Å². The molecule has 0 bridgehead atoms. The number of rotatable bonds is 11. The van der Waals surface area contributed by atoms with E-state index >= 15 is 0 Å². The molecule has 0 radical (unpaired) electrons. The fraction of sp³-hybridized carbons (Fsp3) is 0.586. The Morgan fingerprint density at radius 2 is 1.35 bits per heavy atom. The van der Waals surface area contributed by atoms with E-state index in [2.05, 4.69) is 13.8 Å². The van der Waals surface area contributed by atoms with Crippen LogP contribution in [-0.4, -0.2) is 0 Å². The van der Waals surface area contributed by atoms with Gasteiger partial charge < -0.3 is 0 Å². The number of aryl methyl sites for hydroxylation is 2. The number of halogens is 2. The van der Waals surface area contributed by atoms with Crippen LogP contribution in [0.1, 0.15) is 95.6 Å². The molecule has 3 rings (SSSR count). The van der Waals surface area contributed by atoms with Crippen molar-refractivity contribution in [2.75, 3.05) is 0 Å². The van der Waals surface area contributed by atoms with Gasteiger partial charge in [-0.2, -0.15) is 0 Å². The lowest BCUT2D eigenvalue weighted by Crippen LogP contribution is -2.15. The Morgan fingerprint density at radius 1 is 0.710 bits per heavy atom. The molecule has 2 aromatic rings. The summed E-state index contributed by atoms with van der Waals surface area (Å²) in [4.78, 5) is 0. The van der Waals surface area contributed by atoms with Crippen molar-refractivity contribution in [3.63, 3.8) is 0 Å². The van der Waals surface area contributed by atoms with Crippen LogP contribution in [0.25, 0.3) is 11.1 Å². The molecule has 2 aromatic carbocycles. The second-order valence-electron chi connectivity index (χ2n) is 9.58. The lowest BCUT2D eigenvalue weighted by molar-refractivity contribution is 0.248. The molecule has 0 saturated heterocycles. The first kappa shape index (κ1) is 24.0. The number of unbranched alkanes of at least 4 members (excludes halogenated alkanes) is 4. The van der Waals surface area contributed by atoms with Crippen LogP contribution in [0.5, 0.6) is 0 Å². The summed E-state index contributed by atoms with van der Waals surface area (Å²) in [5.41, 5.74) is 2.84. The van der Waals surface area contributed by atoms with Crippen LogP contribution in [-0.2, 0) is 12.8 Å². The summed E-state index contributed by atoms with van der Waals surface area (Å²) in [6.45, 7) is 4.35. The highest BCUT2D eigenvalue weighted by Gasteiger charge is 2.22. The van der Waals surface area contributed by atoms with Gasteiger partial charge in [-0.15, -0.1) is 0 Å². The van der Waals surface area contributed by atoms with Crippen molar-refractivity contribution in [1.82, 2.24) is 0 Å². The van der Waals surface area contributed by atoms with Gasteiger partial charge in [-0.3, -0.25) is 0 Å². The van der Waals surface area contributed by atoms with Gasteiger partial charge >= 0.3 is 0 Å². The summed E-state index contributed by atoms with van der Waals surface area (Å²) in [6, 6.07) is 11.3. The lowest BCUT2D eigenvalue weighted by Gasteiger charge is -2.28.